The lowest BCUT2D eigenvalue weighted by Crippen LogP contribution is -2.33. The monoisotopic (exact) mass is 299 g/mol. The molecule has 0 aromatic heterocycles. The third-order valence-corrected chi connectivity index (χ3v) is 3.47. The van der Waals surface area contributed by atoms with Gasteiger partial charge in [-0.3, -0.25) is 4.79 Å². The van der Waals surface area contributed by atoms with E-state index in [2.05, 4.69) is 29.8 Å². The second-order valence-corrected chi connectivity index (χ2v) is 5.56. The molecule has 1 aromatic rings. The van der Waals surface area contributed by atoms with Crippen LogP contribution in [0.5, 0.6) is 5.75 Å². The van der Waals surface area contributed by atoms with Gasteiger partial charge in [0.25, 0.3) is 0 Å². The van der Waals surface area contributed by atoms with Crippen LogP contribution in [0.1, 0.15) is 62.5 Å². The van der Waals surface area contributed by atoms with Crippen LogP contribution in [0.25, 0.3) is 10.4 Å². The Balaban J connectivity index is 0.00000116. The lowest BCUT2D eigenvalue weighted by Gasteiger charge is -2.37. The van der Waals surface area contributed by atoms with E-state index in [0.29, 0.717) is 16.9 Å². The summed E-state index contributed by atoms with van der Waals surface area (Å²) in [6, 6.07) is 3.24. The number of hydrogen-bond donors (Lipinski definition) is 0. The minimum atomic E-state index is -0.638. The molecule has 5 nitrogen and oxygen atoms in total. The second kappa shape index (κ2) is 7.02. The van der Waals surface area contributed by atoms with Crippen molar-refractivity contribution in [2.24, 2.45) is 5.11 Å². The average molecular weight is 299 g/mol. The zero-order valence-electron chi connectivity index (χ0n) is 13.7. The van der Waals surface area contributed by atoms with Crippen LogP contribution in [0.2, 0.25) is 0 Å². The number of carbonyl (C=O) groups excluding carboxylic acids is 1. The summed E-state index contributed by atoms with van der Waals surface area (Å²) in [7, 11) is 0. The molecule has 0 saturated carbocycles. The van der Waals surface area contributed by atoms with Gasteiger partial charge in [0.2, 0.25) is 5.91 Å². The Labute approximate surface area is 131 Å². The molecule has 1 aliphatic heterocycles. The maximum Gasteiger partial charge on any atom is 0.249 e. The number of hydrogen-bond acceptors (Lipinski definition) is 2. The Kier molecular flexibility index (Phi) is 5.62. The molecule has 0 radical (unpaired) electrons. The van der Waals surface area contributed by atoms with E-state index in [1.54, 1.807) is 6.07 Å². The number of fused-ring (bicyclic) bond motifs is 1. The second-order valence-electron chi connectivity index (χ2n) is 5.56. The summed E-state index contributed by atoms with van der Waals surface area (Å²) in [6.45, 7) is 10.1. The highest BCUT2D eigenvalue weighted by Gasteiger charge is 2.34. The van der Waals surface area contributed by atoms with Crippen molar-refractivity contribution in [3.05, 3.63) is 39.3 Å². The van der Waals surface area contributed by atoms with Gasteiger partial charge >= 0.3 is 0 Å². The summed E-state index contributed by atoms with van der Waals surface area (Å²) in [5.74, 6) is 2.55. The normalized spacial score (nSPS) is 17.5. The molecule has 1 heterocycles. The minimum absolute atomic E-state index is 0.0586. The smallest absolute Gasteiger partial charge is 0.249 e. The van der Waals surface area contributed by atoms with Crippen LogP contribution < -0.4 is 4.74 Å². The van der Waals surface area contributed by atoms with Gasteiger partial charge in [-0.2, -0.15) is 0 Å². The van der Waals surface area contributed by atoms with Gasteiger partial charge in [0.05, 0.1) is 11.7 Å². The lowest BCUT2D eigenvalue weighted by atomic mass is 9.76. The number of ether oxygens (including phenoxy) is 1. The van der Waals surface area contributed by atoms with E-state index in [1.807, 2.05) is 20.8 Å². The fourth-order valence-electron chi connectivity index (χ4n) is 2.66. The van der Waals surface area contributed by atoms with Crippen LogP contribution in [0, 0.1) is 12.3 Å². The Morgan fingerprint density at radius 1 is 1.50 bits per heavy atom. The standard InChI is InChI=1S/C15H15N3O2.C2H6/c1-5-10-6-11(14(19)17-18-16)7-12-13(10)20-9(2)8-15(12,3)4;1-2/h1,6-7,9H,8H2,2-4H3;1-2H3. The molecular formula is C17H21N3O2. The van der Waals surface area contributed by atoms with Crippen molar-refractivity contribution in [2.75, 3.05) is 0 Å². The fourth-order valence-corrected chi connectivity index (χ4v) is 2.66. The molecule has 5 heteroatoms. The fraction of sp³-hybridized carbons (Fsp3) is 0.471. The first-order valence-electron chi connectivity index (χ1n) is 7.30. The summed E-state index contributed by atoms with van der Waals surface area (Å²) in [5.41, 5.74) is 9.89. The van der Waals surface area contributed by atoms with E-state index < -0.39 is 5.91 Å². The van der Waals surface area contributed by atoms with Crippen LogP contribution in [0.4, 0.5) is 0 Å². The van der Waals surface area contributed by atoms with Gasteiger partial charge in [-0.1, -0.05) is 33.6 Å². The van der Waals surface area contributed by atoms with Gasteiger partial charge in [0.15, 0.2) is 0 Å². The predicted molar refractivity (Wildman–Crippen MR) is 86.9 cm³/mol. The molecule has 1 aliphatic rings. The van der Waals surface area contributed by atoms with Crippen molar-refractivity contribution < 1.29 is 9.53 Å². The molecule has 116 valence electrons. The molecule has 2 rings (SSSR count). The minimum Gasteiger partial charge on any atom is -0.489 e. The van der Waals surface area contributed by atoms with Crippen molar-refractivity contribution in [1.82, 2.24) is 0 Å². The Morgan fingerprint density at radius 3 is 2.68 bits per heavy atom. The topological polar surface area (TPSA) is 75.1 Å². The first kappa shape index (κ1) is 17.6. The number of terminal acetylenes is 1. The van der Waals surface area contributed by atoms with E-state index in [4.69, 9.17) is 16.7 Å². The van der Waals surface area contributed by atoms with Gasteiger partial charge < -0.3 is 4.74 Å². The third-order valence-electron chi connectivity index (χ3n) is 3.47. The van der Waals surface area contributed by atoms with Gasteiger partial charge in [-0.15, -0.1) is 6.42 Å². The van der Waals surface area contributed by atoms with E-state index in [0.717, 1.165) is 12.0 Å². The first-order chi connectivity index (χ1) is 10.4. The molecule has 0 fully saturated rings. The Hall–Kier alpha value is -2.44. The maximum atomic E-state index is 11.7. The van der Waals surface area contributed by atoms with Crippen molar-refractivity contribution in [2.45, 2.75) is 52.6 Å². The summed E-state index contributed by atoms with van der Waals surface area (Å²) in [6.07, 6.45) is 6.39. The molecule has 0 N–H and O–H groups in total. The maximum absolute atomic E-state index is 11.7. The highest BCUT2D eigenvalue weighted by Crippen LogP contribution is 2.43. The largest absolute Gasteiger partial charge is 0.489 e. The predicted octanol–water partition coefficient (Wildman–Crippen LogP) is 4.59. The van der Waals surface area contributed by atoms with Crippen molar-refractivity contribution in [3.8, 4) is 18.1 Å². The molecule has 22 heavy (non-hydrogen) atoms. The van der Waals surface area contributed by atoms with Gasteiger partial charge in [0, 0.05) is 16.0 Å². The summed E-state index contributed by atoms with van der Waals surface area (Å²) >= 11 is 0. The summed E-state index contributed by atoms with van der Waals surface area (Å²) in [4.78, 5) is 14.3. The number of azide groups is 1. The zero-order valence-corrected chi connectivity index (χ0v) is 13.7. The van der Waals surface area contributed by atoms with Crippen molar-refractivity contribution in [3.63, 3.8) is 0 Å². The Morgan fingerprint density at radius 2 is 2.14 bits per heavy atom. The summed E-state index contributed by atoms with van der Waals surface area (Å²) in [5, 5.41) is 3.11. The van der Waals surface area contributed by atoms with E-state index in [1.165, 1.54) is 6.07 Å². The molecular weight excluding hydrogens is 278 g/mol. The number of carbonyl (C=O) groups is 1. The van der Waals surface area contributed by atoms with Crippen LogP contribution in [-0.4, -0.2) is 12.0 Å². The van der Waals surface area contributed by atoms with Crippen LogP contribution in [-0.2, 0) is 5.41 Å². The average Bonchev–Trinajstić information content (AvgIpc) is 2.48. The van der Waals surface area contributed by atoms with Crippen molar-refractivity contribution >= 4 is 5.91 Å². The number of rotatable bonds is 1. The molecule has 0 aliphatic carbocycles. The molecule has 1 amide bonds. The Bertz CT molecular complexity index is 665. The van der Waals surface area contributed by atoms with E-state index in [9.17, 15) is 4.79 Å². The summed E-state index contributed by atoms with van der Waals surface area (Å²) < 4.78 is 5.83. The zero-order chi connectivity index (χ0) is 16.9. The van der Waals surface area contributed by atoms with Gasteiger partial charge in [-0.25, -0.2) is 0 Å². The molecule has 1 unspecified atom stereocenters. The van der Waals surface area contributed by atoms with Gasteiger partial charge in [-0.05, 0) is 41.5 Å². The van der Waals surface area contributed by atoms with Gasteiger partial charge in [0.1, 0.15) is 5.75 Å². The molecule has 0 bridgehead atoms. The number of amides is 1. The molecule has 1 aromatic carbocycles. The number of benzene rings is 1. The number of nitrogens with zero attached hydrogens (tertiary/aromatic N) is 3. The highest BCUT2D eigenvalue weighted by molar-refractivity contribution is 5.96. The SMILES string of the molecule is C#Cc1cc(C(=O)N=[N+]=[N-])cc2c1OC(C)CC2(C)C.CC. The molecule has 0 spiro atoms. The first-order valence-corrected chi connectivity index (χ1v) is 7.30. The molecule has 1 atom stereocenters. The van der Waals surface area contributed by atoms with E-state index >= 15 is 0 Å². The lowest BCUT2D eigenvalue weighted by molar-refractivity contribution is 0.0999. The van der Waals surface area contributed by atoms with E-state index in [-0.39, 0.29) is 11.5 Å². The van der Waals surface area contributed by atoms with Crippen molar-refractivity contribution in [1.29, 1.82) is 0 Å². The van der Waals surface area contributed by atoms with Crippen LogP contribution >= 0.6 is 0 Å². The van der Waals surface area contributed by atoms with Crippen LogP contribution in [0.3, 0.4) is 0 Å². The molecule has 0 saturated heterocycles. The quantitative estimate of drug-likeness (QED) is 0.329. The highest BCUT2D eigenvalue weighted by atomic mass is 16.5. The third kappa shape index (κ3) is 3.41. The van der Waals surface area contributed by atoms with Crippen LogP contribution in [0.15, 0.2) is 17.2 Å².